The first-order chi connectivity index (χ1) is 4.68. The molecule has 0 fully saturated rings. The summed E-state index contributed by atoms with van der Waals surface area (Å²) in [5, 5.41) is 8.88. The zero-order valence-corrected chi connectivity index (χ0v) is 5.65. The van der Waals surface area contributed by atoms with Gasteiger partial charge in [0.25, 0.3) is 6.10 Å². The largest absolute Gasteiger partial charge is 0.417 e. The molecule has 1 aliphatic carbocycles. The summed E-state index contributed by atoms with van der Waals surface area (Å²) in [5.74, 6) is -0.333. The van der Waals surface area contributed by atoms with Gasteiger partial charge in [-0.1, -0.05) is 0 Å². The summed E-state index contributed by atoms with van der Waals surface area (Å²) >= 11 is 0. The molecule has 0 aromatic rings. The lowest BCUT2D eigenvalue weighted by molar-refractivity contribution is -0.142. The molecule has 1 N–H and O–H groups in total. The topological polar surface area (TPSA) is 46.5 Å². The Bertz CT molecular complexity index is 162. The van der Waals surface area contributed by atoms with Crippen molar-refractivity contribution in [1.29, 1.82) is 0 Å². The Balaban J connectivity index is 2.33. The van der Waals surface area contributed by atoms with Crippen molar-refractivity contribution in [3.63, 3.8) is 0 Å². The molecule has 0 bridgehead atoms. The van der Waals surface area contributed by atoms with E-state index < -0.39 is 6.10 Å². The maximum atomic E-state index is 10.3. The molecule has 1 aliphatic rings. The molecule has 0 aromatic heterocycles. The summed E-state index contributed by atoms with van der Waals surface area (Å²) in [6, 6.07) is 0. The normalized spacial score (nSPS) is 29.8. The Hall–Kier alpha value is -0.960. The average Bonchev–Trinajstić information content (AvgIpc) is 2.13. The predicted molar refractivity (Wildman–Crippen MR) is 35.0 cm³/mol. The molecule has 0 aliphatic heterocycles. The predicted octanol–water partition coefficient (Wildman–Crippen LogP) is 0.0531. The molecule has 0 amide bonds. The minimum absolute atomic E-state index is 0.333. The molecule has 0 aromatic carbocycles. The van der Waals surface area contributed by atoms with Gasteiger partial charge in [-0.3, -0.25) is 4.79 Å². The summed E-state index contributed by atoms with van der Waals surface area (Å²) in [7, 11) is 0. The Morgan fingerprint density at radius 3 is 2.80 bits per heavy atom. The van der Waals surface area contributed by atoms with Crippen LogP contribution in [0.4, 0.5) is 0 Å². The quantitative estimate of drug-likeness (QED) is 0.319. The van der Waals surface area contributed by atoms with Crippen LogP contribution in [-0.2, 0) is 9.53 Å². The van der Waals surface area contributed by atoms with Crippen molar-refractivity contribution in [2.45, 2.75) is 19.1 Å². The highest BCUT2D eigenvalue weighted by Crippen LogP contribution is 2.12. The van der Waals surface area contributed by atoms with Gasteiger partial charge in [0.1, 0.15) is 0 Å². The third kappa shape index (κ3) is 1.77. The lowest BCUT2D eigenvalue weighted by atomic mass is 10.3. The van der Waals surface area contributed by atoms with Crippen LogP contribution < -0.4 is 0 Å². The van der Waals surface area contributed by atoms with Crippen LogP contribution in [0, 0.1) is 6.42 Å². The zero-order valence-electron chi connectivity index (χ0n) is 5.65. The monoisotopic (exact) mass is 141 g/mol. The average molecular weight is 141 g/mol. The number of aliphatic hydroxyl groups excluding tert-OH is 1. The lowest BCUT2D eigenvalue weighted by Gasteiger charge is -1.99. The summed E-state index contributed by atoms with van der Waals surface area (Å²) in [6.45, 7) is 1.34. The molecular weight excluding hydrogens is 132 g/mol. The van der Waals surface area contributed by atoms with Crippen molar-refractivity contribution in [1.82, 2.24) is 0 Å². The first-order valence-corrected chi connectivity index (χ1v) is 3.07. The van der Waals surface area contributed by atoms with Crippen LogP contribution in [-0.4, -0.2) is 23.3 Å². The number of ether oxygens (including phenoxy) is 1. The van der Waals surface area contributed by atoms with Gasteiger partial charge in [0, 0.05) is 13.0 Å². The van der Waals surface area contributed by atoms with Gasteiger partial charge in [-0.25, -0.2) is 0 Å². The fourth-order valence-corrected chi connectivity index (χ4v) is 0.816. The minimum Gasteiger partial charge on any atom is -0.417 e. The Morgan fingerprint density at radius 1 is 1.70 bits per heavy atom. The van der Waals surface area contributed by atoms with E-state index in [0.29, 0.717) is 0 Å². The number of esters is 1. The van der Waals surface area contributed by atoms with Crippen molar-refractivity contribution >= 4 is 5.97 Å². The Labute approximate surface area is 59.3 Å². The van der Waals surface area contributed by atoms with Gasteiger partial charge >= 0.3 is 5.97 Å². The highest BCUT2D eigenvalue weighted by Gasteiger charge is 2.28. The third-order valence-corrected chi connectivity index (χ3v) is 1.19. The van der Waals surface area contributed by atoms with E-state index in [1.165, 1.54) is 6.92 Å². The van der Waals surface area contributed by atoms with Crippen molar-refractivity contribution in [3.8, 4) is 0 Å². The van der Waals surface area contributed by atoms with E-state index in [4.69, 9.17) is 9.84 Å². The fourth-order valence-electron chi connectivity index (χ4n) is 0.816. The fraction of sp³-hybridized carbons (Fsp3) is 0.429. The first-order valence-electron chi connectivity index (χ1n) is 3.07. The summed E-state index contributed by atoms with van der Waals surface area (Å²) in [6.07, 6.45) is 3.86. The maximum absolute atomic E-state index is 10.3. The second-order valence-corrected chi connectivity index (χ2v) is 2.14. The Morgan fingerprint density at radius 2 is 2.40 bits per heavy atom. The summed E-state index contributed by atoms with van der Waals surface area (Å²) < 4.78 is 4.74. The molecule has 1 rings (SSSR count). The molecule has 0 unspecified atom stereocenters. The number of aliphatic hydroxyl groups is 1. The van der Waals surface area contributed by atoms with Gasteiger partial charge in [-0.05, 0) is 6.08 Å². The first kappa shape index (κ1) is 7.15. The van der Waals surface area contributed by atoms with E-state index in [0.717, 1.165) is 0 Å². The molecule has 0 saturated heterocycles. The van der Waals surface area contributed by atoms with Crippen LogP contribution in [0.2, 0.25) is 0 Å². The minimum atomic E-state index is -0.565. The standard InChI is InChI=1S/C7H9O3/c1-5(8)10-7-3-2-6(9)4-7/h2-4,6-7,9H,1H3/q+1/t6-,7+/m1/s1. The highest BCUT2D eigenvalue weighted by atomic mass is 16.5. The van der Waals surface area contributed by atoms with Gasteiger partial charge in [0.2, 0.25) is 6.10 Å². The van der Waals surface area contributed by atoms with Crippen LogP contribution in [0.15, 0.2) is 12.2 Å². The van der Waals surface area contributed by atoms with E-state index in [2.05, 4.69) is 0 Å². The van der Waals surface area contributed by atoms with E-state index >= 15 is 0 Å². The van der Waals surface area contributed by atoms with Crippen LogP contribution >= 0.6 is 0 Å². The second-order valence-electron chi connectivity index (χ2n) is 2.14. The van der Waals surface area contributed by atoms with E-state index in [9.17, 15) is 4.79 Å². The van der Waals surface area contributed by atoms with Gasteiger partial charge in [-0.2, -0.15) is 0 Å². The molecule has 0 radical (unpaired) electrons. The van der Waals surface area contributed by atoms with Crippen LogP contribution in [0.5, 0.6) is 0 Å². The van der Waals surface area contributed by atoms with Crippen LogP contribution in [0.3, 0.4) is 0 Å². The molecule has 54 valence electrons. The molecular formula is C7H9O3+. The molecule has 0 spiro atoms. The molecule has 2 atom stereocenters. The summed E-state index contributed by atoms with van der Waals surface area (Å²) in [5.41, 5.74) is 0. The van der Waals surface area contributed by atoms with Crippen LogP contribution in [0.25, 0.3) is 0 Å². The van der Waals surface area contributed by atoms with E-state index in [-0.39, 0.29) is 12.1 Å². The molecule has 3 heteroatoms. The van der Waals surface area contributed by atoms with E-state index in [1.54, 1.807) is 18.6 Å². The zero-order chi connectivity index (χ0) is 7.56. The number of carbonyl (C=O) groups excluding carboxylic acids is 1. The van der Waals surface area contributed by atoms with Crippen molar-refractivity contribution in [2.24, 2.45) is 0 Å². The lowest BCUT2D eigenvalue weighted by Crippen LogP contribution is -2.14. The number of hydrogen-bond acceptors (Lipinski definition) is 3. The van der Waals surface area contributed by atoms with Crippen molar-refractivity contribution < 1.29 is 14.6 Å². The van der Waals surface area contributed by atoms with Crippen molar-refractivity contribution in [3.05, 3.63) is 18.6 Å². The van der Waals surface area contributed by atoms with Crippen molar-refractivity contribution in [2.75, 3.05) is 0 Å². The maximum Gasteiger partial charge on any atom is 0.306 e. The van der Waals surface area contributed by atoms with Crippen LogP contribution in [0.1, 0.15) is 6.92 Å². The van der Waals surface area contributed by atoms with Gasteiger partial charge in [0.15, 0.2) is 6.42 Å². The Kier molecular flexibility index (Phi) is 1.97. The molecule has 10 heavy (non-hydrogen) atoms. The second kappa shape index (κ2) is 2.75. The molecule has 0 heterocycles. The van der Waals surface area contributed by atoms with Gasteiger partial charge in [-0.15, -0.1) is 0 Å². The molecule has 0 saturated carbocycles. The number of hydrogen-bond donors (Lipinski definition) is 1. The van der Waals surface area contributed by atoms with Gasteiger partial charge < -0.3 is 9.84 Å². The third-order valence-electron chi connectivity index (χ3n) is 1.19. The molecule has 3 nitrogen and oxygen atoms in total. The highest BCUT2D eigenvalue weighted by molar-refractivity contribution is 5.66. The van der Waals surface area contributed by atoms with E-state index in [1.807, 2.05) is 0 Å². The number of carbonyl (C=O) groups is 1. The SMILES string of the molecule is CC(=O)O[C@H]1C=C[C@@H](O)[CH+]1. The smallest absolute Gasteiger partial charge is 0.306 e. The summed E-state index contributed by atoms with van der Waals surface area (Å²) in [4.78, 5) is 10.3. The van der Waals surface area contributed by atoms with Gasteiger partial charge in [0.05, 0.1) is 0 Å². The number of rotatable bonds is 1.